The molecule has 4 rings (SSSR count). The van der Waals surface area contributed by atoms with Gasteiger partial charge in [0.05, 0.1) is 11.6 Å². The van der Waals surface area contributed by atoms with Crippen LogP contribution in [-0.4, -0.2) is 63.6 Å². The monoisotopic (exact) mass is 490 g/mol. The van der Waals surface area contributed by atoms with Crippen LogP contribution in [0.1, 0.15) is 35.1 Å². The van der Waals surface area contributed by atoms with Crippen LogP contribution in [0.5, 0.6) is 0 Å². The van der Waals surface area contributed by atoms with Gasteiger partial charge in [-0.2, -0.15) is 5.10 Å². The zero-order chi connectivity index (χ0) is 25.7. The van der Waals surface area contributed by atoms with Crippen LogP contribution in [0.4, 0.5) is 11.5 Å². The van der Waals surface area contributed by atoms with Crippen LogP contribution in [0.15, 0.2) is 42.7 Å². The zero-order valence-corrected chi connectivity index (χ0v) is 20.6. The van der Waals surface area contributed by atoms with Gasteiger partial charge in [-0.1, -0.05) is 6.92 Å². The fraction of sp³-hybridized carbons (Fsp3) is 0.360. The summed E-state index contributed by atoms with van der Waals surface area (Å²) in [6, 6.07) is 10.5. The van der Waals surface area contributed by atoms with E-state index < -0.39 is 0 Å². The van der Waals surface area contributed by atoms with Gasteiger partial charge in [-0.3, -0.25) is 14.4 Å². The summed E-state index contributed by atoms with van der Waals surface area (Å²) in [5.41, 5.74) is 3.03. The van der Waals surface area contributed by atoms with E-state index in [4.69, 9.17) is 0 Å². The fourth-order valence-corrected chi connectivity index (χ4v) is 3.88. The average molecular weight is 491 g/mol. The minimum Gasteiger partial charge on any atom is -0.355 e. The Hall–Kier alpha value is -4.28. The molecule has 0 atom stereocenters. The number of hydrogen-bond donors (Lipinski definition) is 3. The predicted octanol–water partition coefficient (Wildman–Crippen LogP) is 1.61. The van der Waals surface area contributed by atoms with Gasteiger partial charge in [0.1, 0.15) is 12.1 Å². The highest BCUT2D eigenvalue weighted by Crippen LogP contribution is 2.24. The van der Waals surface area contributed by atoms with Crippen LogP contribution in [0.25, 0.3) is 5.82 Å². The van der Waals surface area contributed by atoms with Crippen molar-refractivity contribution in [1.82, 2.24) is 30.4 Å². The van der Waals surface area contributed by atoms with Gasteiger partial charge in [-0.05, 0) is 44.2 Å². The number of rotatable bonds is 9. The molecular formula is C25H30N8O3. The highest BCUT2D eigenvalue weighted by molar-refractivity contribution is 5.95. The maximum Gasteiger partial charge on any atom is 0.251 e. The first-order chi connectivity index (χ1) is 17.3. The van der Waals surface area contributed by atoms with Crippen LogP contribution < -0.4 is 20.9 Å². The molecule has 1 saturated heterocycles. The molecule has 1 aromatic carbocycles. The van der Waals surface area contributed by atoms with E-state index in [1.54, 1.807) is 35.9 Å². The summed E-state index contributed by atoms with van der Waals surface area (Å²) in [6.45, 7) is 7.45. The van der Waals surface area contributed by atoms with Gasteiger partial charge in [0.25, 0.3) is 5.91 Å². The lowest BCUT2D eigenvalue weighted by Gasteiger charge is -2.39. The van der Waals surface area contributed by atoms with Crippen molar-refractivity contribution in [2.24, 2.45) is 5.92 Å². The Bertz CT molecular complexity index is 1250. The molecule has 1 aliphatic rings. The first-order valence-electron chi connectivity index (χ1n) is 11.9. The largest absolute Gasteiger partial charge is 0.355 e. The van der Waals surface area contributed by atoms with E-state index >= 15 is 0 Å². The van der Waals surface area contributed by atoms with E-state index in [1.165, 1.54) is 6.33 Å². The smallest absolute Gasteiger partial charge is 0.251 e. The molecule has 3 amide bonds. The molecule has 11 heteroatoms. The summed E-state index contributed by atoms with van der Waals surface area (Å²) in [7, 11) is 0. The topological polar surface area (TPSA) is 134 Å². The van der Waals surface area contributed by atoms with Crippen LogP contribution in [0.2, 0.25) is 0 Å². The molecular weight excluding hydrogens is 460 g/mol. The number of aromatic nitrogens is 4. The van der Waals surface area contributed by atoms with Gasteiger partial charge >= 0.3 is 0 Å². The first kappa shape index (κ1) is 24.8. The Labute approximate surface area is 209 Å². The summed E-state index contributed by atoms with van der Waals surface area (Å²) in [4.78, 5) is 46.9. The molecule has 1 aliphatic heterocycles. The molecule has 0 saturated carbocycles. The molecule has 0 radical (unpaired) electrons. The lowest BCUT2D eigenvalue weighted by molar-refractivity contribution is -0.125. The van der Waals surface area contributed by atoms with Crippen LogP contribution in [0.3, 0.4) is 0 Å². The van der Waals surface area contributed by atoms with E-state index in [2.05, 4.69) is 31.0 Å². The third-order valence-electron chi connectivity index (χ3n) is 5.90. The molecule has 36 heavy (non-hydrogen) atoms. The number of amides is 3. The number of carbonyl (C=O) groups excluding carboxylic acids is 3. The van der Waals surface area contributed by atoms with Gasteiger partial charge in [0, 0.05) is 55.6 Å². The van der Waals surface area contributed by atoms with E-state index in [1.807, 2.05) is 30.9 Å². The second-order valence-electron chi connectivity index (χ2n) is 8.70. The van der Waals surface area contributed by atoms with Crippen LogP contribution in [-0.2, 0) is 9.59 Å². The number of nitrogens with zero attached hydrogens (tertiary/aromatic N) is 5. The fourth-order valence-electron chi connectivity index (χ4n) is 3.88. The number of anilines is 2. The number of hydrogen-bond acceptors (Lipinski definition) is 7. The molecule has 3 aromatic rings. The first-order valence-corrected chi connectivity index (χ1v) is 11.9. The Morgan fingerprint density at radius 1 is 0.972 bits per heavy atom. The number of nitrogens with one attached hydrogen (secondary N) is 3. The molecule has 188 valence electrons. The van der Waals surface area contributed by atoms with Crippen LogP contribution >= 0.6 is 0 Å². The second-order valence-corrected chi connectivity index (χ2v) is 8.70. The highest BCUT2D eigenvalue weighted by atomic mass is 16.2. The summed E-state index contributed by atoms with van der Waals surface area (Å²) in [5.74, 6) is 0.926. The maximum absolute atomic E-state index is 12.5. The number of benzene rings is 1. The van der Waals surface area contributed by atoms with Gasteiger partial charge in [0.2, 0.25) is 11.8 Å². The van der Waals surface area contributed by atoms with Gasteiger partial charge in [-0.25, -0.2) is 14.6 Å². The Morgan fingerprint density at radius 2 is 1.67 bits per heavy atom. The Balaban J connectivity index is 1.18. The molecule has 3 N–H and O–H groups in total. The van der Waals surface area contributed by atoms with Gasteiger partial charge in [-0.15, -0.1) is 0 Å². The normalized spacial score (nSPS) is 13.1. The third-order valence-corrected chi connectivity index (χ3v) is 5.90. The second kappa shape index (κ2) is 11.0. The van der Waals surface area contributed by atoms with Crippen molar-refractivity contribution >= 4 is 29.2 Å². The maximum atomic E-state index is 12.5. The molecule has 2 aromatic heterocycles. The van der Waals surface area contributed by atoms with Crippen molar-refractivity contribution in [2.75, 3.05) is 36.4 Å². The molecule has 1 fully saturated rings. The van der Waals surface area contributed by atoms with E-state index in [0.717, 1.165) is 17.2 Å². The summed E-state index contributed by atoms with van der Waals surface area (Å²) >= 11 is 0. The Kier molecular flexibility index (Phi) is 7.57. The lowest BCUT2D eigenvalue weighted by Crippen LogP contribution is -2.54. The average Bonchev–Trinajstić information content (AvgIpc) is 3.19. The molecule has 0 bridgehead atoms. The van der Waals surface area contributed by atoms with E-state index in [-0.39, 0.29) is 23.6 Å². The molecule has 11 nitrogen and oxygen atoms in total. The van der Waals surface area contributed by atoms with Crippen molar-refractivity contribution in [3.8, 4) is 5.82 Å². The molecule has 0 spiro atoms. The van der Waals surface area contributed by atoms with Crippen molar-refractivity contribution < 1.29 is 14.4 Å². The predicted molar refractivity (Wildman–Crippen MR) is 135 cm³/mol. The summed E-state index contributed by atoms with van der Waals surface area (Å²) < 4.78 is 1.78. The molecule has 0 aliphatic carbocycles. The highest BCUT2D eigenvalue weighted by Gasteiger charge is 2.33. The zero-order valence-electron chi connectivity index (χ0n) is 20.6. The summed E-state index contributed by atoms with van der Waals surface area (Å²) in [5, 5.41) is 12.9. The summed E-state index contributed by atoms with van der Waals surface area (Å²) in [6.07, 6.45) is 1.89. The van der Waals surface area contributed by atoms with Crippen molar-refractivity contribution in [3.63, 3.8) is 0 Å². The lowest BCUT2D eigenvalue weighted by atomic mass is 9.99. The molecule has 0 unspecified atom stereocenters. The van der Waals surface area contributed by atoms with Gasteiger partial charge < -0.3 is 20.9 Å². The van der Waals surface area contributed by atoms with Crippen molar-refractivity contribution in [3.05, 3.63) is 59.7 Å². The van der Waals surface area contributed by atoms with E-state index in [0.29, 0.717) is 49.7 Å². The minimum atomic E-state index is -0.241. The minimum absolute atomic E-state index is 0.0515. The SMILES string of the molecule is CCC(=O)Nc1ccc(C(=O)NCCNC(=O)C2CN(c3cc(-n4nc(C)cc4C)ncn3)C2)cc1. The van der Waals surface area contributed by atoms with Crippen LogP contribution in [0, 0.1) is 19.8 Å². The number of aryl methyl sites for hydroxylation is 2. The standard InChI is InChI=1S/C25H30N8O3/c1-4-23(34)30-20-7-5-18(6-8-20)24(35)26-9-10-27-25(36)19-13-32(14-19)21-12-22(29-15-28-21)33-17(3)11-16(2)31-33/h5-8,11-12,15,19H,4,9-10,13-14H2,1-3H3,(H,26,35)(H,27,36)(H,30,34). The number of carbonyl (C=O) groups is 3. The Morgan fingerprint density at radius 3 is 2.33 bits per heavy atom. The third kappa shape index (κ3) is 5.85. The van der Waals surface area contributed by atoms with Crippen molar-refractivity contribution in [1.29, 1.82) is 0 Å². The van der Waals surface area contributed by atoms with Crippen molar-refractivity contribution in [2.45, 2.75) is 27.2 Å². The van der Waals surface area contributed by atoms with Gasteiger partial charge in [0.15, 0.2) is 5.82 Å². The molecule has 3 heterocycles. The quantitative estimate of drug-likeness (QED) is 0.388. The van der Waals surface area contributed by atoms with E-state index in [9.17, 15) is 14.4 Å².